The highest BCUT2D eigenvalue weighted by atomic mass is 35.5. The lowest BCUT2D eigenvalue weighted by Crippen LogP contribution is -2.20. The number of halogens is 1. The molecular formula is C12H14ClN3. The topological polar surface area (TPSA) is 43.8 Å². The fourth-order valence-corrected chi connectivity index (χ4v) is 2.04. The first-order chi connectivity index (χ1) is 7.72. The number of aromatic nitrogens is 2. The van der Waals surface area contributed by atoms with Gasteiger partial charge in [0.1, 0.15) is 5.82 Å². The van der Waals surface area contributed by atoms with E-state index in [2.05, 4.69) is 9.55 Å². The van der Waals surface area contributed by atoms with Gasteiger partial charge >= 0.3 is 0 Å². The smallest absolute Gasteiger partial charge is 0.106 e. The molecule has 1 aromatic carbocycles. The van der Waals surface area contributed by atoms with Crippen molar-refractivity contribution >= 4 is 11.6 Å². The largest absolute Gasteiger partial charge is 0.328 e. The molecule has 1 aromatic heterocycles. The van der Waals surface area contributed by atoms with Crippen molar-refractivity contribution in [2.24, 2.45) is 5.73 Å². The van der Waals surface area contributed by atoms with Gasteiger partial charge in [0.25, 0.3) is 0 Å². The van der Waals surface area contributed by atoms with E-state index in [0.29, 0.717) is 6.54 Å². The molecule has 0 amide bonds. The molecule has 0 aliphatic heterocycles. The average molecular weight is 236 g/mol. The molecule has 0 aliphatic rings. The second kappa shape index (κ2) is 4.68. The SMILES string of the molecule is Cc1nccn1C(CN)c1cccc(Cl)c1. The highest BCUT2D eigenvalue weighted by Crippen LogP contribution is 2.21. The molecule has 84 valence electrons. The monoisotopic (exact) mass is 235 g/mol. The van der Waals surface area contributed by atoms with Gasteiger partial charge in [0.05, 0.1) is 6.04 Å². The van der Waals surface area contributed by atoms with Crippen molar-refractivity contribution in [3.8, 4) is 0 Å². The molecule has 0 radical (unpaired) electrons. The molecule has 0 saturated carbocycles. The van der Waals surface area contributed by atoms with Gasteiger partial charge in [-0.25, -0.2) is 4.98 Å². The maximum absolute atomic E-state index is 5.98. The van der Waals surface area contributed by atoms with Crippen LogP contribution < -0.4 is 5.73 Å². The van der Waals surface area contributed by atoms with Gasteiger partial charge < -0.3 is 10.3 Å². The van der Waals surface area contributed by atoms with Crippen LogP contribution in [0.2, 0.25) is 5.02 Å². The van der Waals surface area contributed by atoms with E-state index >= 15 is 0 Å². The average Bonchev–Trinajstić information content (AvgIpc) is 2.67. The maximum atomic E-state index is 5.98. The first-order valence-electron chi connectivity index (χ1n) is 5.17. The van der Waals surface area contributed by atoms with Crippen molar-refractivity contribution < 1.29 is 0 Å². The highest BCUT2D eigenvalue weighted by molar-refractivity contribution is 6.30. The quantitative estimate of drug-likeness (QED) is 0.888. The molecular weight excluding hydrogens is 222 g/mol. The number of aryl methyl sites for hydroxylation is 1. The number of rotatable bonds is 3. The van der Waals surface area contributed by atoms with Gasteiger partial charge in [-0.15, -0.1) is 0 Å². The van der Waals surface area contributed by atoms with Crippen LogP contribution in [-0.4, -0.2) is 16.1 Å². The molecule has 1 atom stereocenters. The van der Waals surface area contributed by atoms with E-state index < -0.39 is 0 Å². The van der Waals surface area contributed by atoms with Crippen molar-refractivity contribution in [2.45, 2.75) is 13.0 Å². The van der Waals surface area contributed by atoms with Gasteiger partial charge in [-0.1, -0.05) is 23.7 Å². The lowest BCUT2D eigenvalue weighted by atomic mass is 10.1. The van der Waals surface area contributed by atoms with Gasteiger partial charge in [-0.3, -0.25) is 0 Å². The van der Waals surface area contributed by atoms with Crippen LogP contribution in [0.15, 0.2) is 36.7 Å². The van der Waals surface area contributed by atoms with Crippen LogP contribution in [0.25, 0.3) is 0 Å². The summed E-state index contributed by atoms with van der Waals surface area (Å²) in [5.74, 6) is 0.954. The summed E-state index contributed by atoms with van der Waals surface area (Å²) in [4.78, 5) is 4.21. The fraction of sp³-hybridized carbons (Fsp3) is 0.250. The second-order valence-electron chi connectivity index (χ2n) is 3.69. The van der Waals surface area contributed by atoms with Crippen LogP contribution in [0.4, 0.5) is 0 Å². The third-order valence-corrected chi connectivity index (χ3v) is 2.89. The molecule has 16 heavy (non-hydrogen) atoms. The molecule has 1 unspecified atom stereocenters. The Labute approximate surface area is 99.9 Å². The van der Waals surface area contributed by atoms with Crippen LogP contribution in [0.3, 0.4) is 0 Å². The summed E-state index contributed by atoms with van der Waals surface area (Å²) in [6, 6.07) is 7.87. The van der Waals surface area contributed by atoms with Crippen molar-refractivity contribution in [3.05, 3.63) is 53.1 Å². The standard InChI is InChI=1S/C12H14ClN3/c1-9-15-5-6-16(9)12(8-14)10-3-2-4-11(13)7-10/h2-7,12H,8,14H2,1H3. The zero-order valence-electron chi connectivity index (χ0n) is 9.10. The number of nitrogens with zero attached hydrogens (tertiary/aromatic N) is 2. The molecule has 0 saturated heterocycles. The first-order valence-corrected chi connectivity index (χ1v) is 5.55. The highest BCUT2D eigenvalue weighted by Gasteiger charge is 2.13. The third-order valence-electron chi connectivity index (χ3n) is 2.65. The Morgan fingerprint density at radius 1 is 1.50 bits per heavy atom. The molecule has 3 nitrogen and oxygen atoms in total. The Hall–Kier alpha value is -1.32. The zero-order chi connectivity index (χ0) is 11.5. The Balaban J connectivity index is 2.40. The molecule has 0 aliphatic carbocycles. The van der Waals surface area contributed by atoms with Crippen LogP contribution in [0.5, 0.6) is 0 Å². The lowest BCUT2D eigenvalue weighted by Gasteiger charge is -2.18. The van der Waals surface area contributed by atoms with E-state index in [9.17, 15) is 0 Å². The van der Waals surface area contributed by atoms with Gasteiger partial charge in [0.2, 0.25) is 0 Å². The summed E-state index contributed by atoms with van der Waals surface area (Å²) in [6.07, 6.45) is 3.72. The third kappa shape index (κ3) is 2.10. The summed E-state index contributed by atoms with van der Waals surface area (Å²) in [7, 11) is 0. The predicted octanol–water partition coefficient (Wildman–Crippen LogP) is 2.39. The van der Waals surface area contributed by atoms with E-state index in [0.717, 1.165) is 16.4 Å². The van der Waals surface area contributed by atoms with Crippen LogP contribution in [-0.2, 0) is 0 Å². The second-order valence-corrected chi connectivity index (χ2v) is 4.12. The normalized spacial score (nSPS) is 12.7. The number of nitrogens with two attached hydrogens (primary N) is 1. The zero-order valence-corrected chi connectivity index (χ0v) is 9.85. The molecule has 2 N–H and O–H groups in total. The number of benzene rings is 1. The van der Waals surface area contributed by atoms with Crippen LogP contribution in [0, 0.1) is 6.92 Å². The summed E-state index contributed by atoms with van der Waals surface area (Å²) < 4.78 is 2.06. The molecule has 1 heterocycles. The van der Waals surface area contributed by atoms with E-state index in [4.69, 9.17) is 17.3 Å². The summed E-state index contributed by atoms with van der Waals surface area (Å²) in [5, 5.41) is 0.730. The summed E-state index contributed by atoms with van der Waals surface area (Å²) in [5.41, 5.74) is 6.93. The summed E-state index contributed by atoms with van der Waals surface area (Å²) >= 11 is 5.98. The van der Waals surface area contributed by atoms with Gasteiger partial charge in [0, 0.05) is 24.0 Å². The van der Waals surface area contributed by atoms with Crippen molar-refractivity contribution in [3.63, 3.8) is 0 Å². The minimum Gasteiger partial charge on any atom is -0.328 e. The van der Waals surface area contributed by atoms with Gasteiger partial charge in [-0.05, 0) is 24.6 Å². The van der Waals surface area contributed by atoms with E-state index in [-0.39, 0.29) is 6.04 Å². The van der Waals surface area contributed by atoms with Crippen LogP contribution in [0.1, 0.15) is 17.4 Å². The van der Waals surface area contributed by atoms with E-state index in [1.54, 1.807) is 6.20 Å². The Bertz CT molecular complexity index is 479. The van der Waals surface area contributed by atoms with E-state index in [1.165, 1.54) is 0 Å². The fourth-order valence-electron chi connectivity index (χ4n) is 1.84. The molecule has 0 fully saturated rings. The molecule has 2 rings (SSSR count). The van der Waals surface area contributed by atoms with Crippen molar-refractivity contribution in [2.75, 3.05) is 6.54 Å². The summed E-state index contributed by atoms with van der Waals surface area (Å²) in [6.45, 7) is 2.49. The maximum Gasteiger partial charge on any atom is 0.106 e. The minimum absolute atomic E-state index is 0.0983. The Kier molecular flexibility index (Phi) is 3.27. The molecule has 4 heteroatoms. The number of hydrogen-bond donors (Lipinski definition) is 1. The lowest BCUT2D eigenvalue weighted by molar-refractivity contribution is 0.578. The molecule has 0 spiro atoms. The molecule has 2 aromatic rings. The first kappa shape index (κ1) is 11.2. The van der Waals surface area contributed by atoms with Gasteiger partial charge in [0.15, 0.2) is 0 Å². The Morgan fingerprint density at radius 3 is 2.88 bits per heavy atom. The minimum atomic E-state index is 0.0983. The predicted molar refractivity (Wildman–Crippen MR) is 65.6 cm³/mol. The number of hydrogen-bond acceptors (Lipinski definition) is 2. The van der Waals surface area contributed by atoms with Crippen LogP contribution >= 0.6 is 11.6 Å². The van der Waals surface area contributed by atoms with Gasteiger partial charge in [-0.2, -0.15) is 0 Å². The Morgan fingerprint density at radius 2 is 2.31 bits per heavy atom. The molecule has 0 bridgehead atoms. The number of imidazole rings is 1. The van der Waals surface area contributed by atoms with Crippen molar-refractivity contribution in [1.29, 1.82) is 0 Å². The van der Waals surface area contributed by atoms with Crippen molar-refractivity contribution in [1.82, 2.24) is 9.55 Å². The van der Waals surface area contributed by atoms with E-state index in [1.807, 2.05) is 37.4 Å².